The Labute approximate surface area is 146 Å². The Morgan fingerprint density at radius 1 is 1.36 bits per heavy atom. The minimum Gasteiger partial charge on any atom is -0.465 e. The Kier molecular flexibility index (Phi) is 5.50. The molecule has 0 spiro atoms. The number of hydrogen-bond donors (Lipinski definition) is 0. The number of rotatable bonds is 5. The summed E-state index contributed by atoms with van der Waals surface area (Å²) in [6.45, 7) is 5.06. The lowest BCUT2D eigenvalue weighted by Gasteiger charge is -2.37. The van der Waals surface area contributed by atoms with Gasteiger partial charge in [-0.2, -0.15) is 0 Å². The van der Waals surface area contributed by atoms with Gasteiger partial charge in [0, 0.05) is 51.5 Å². The average molecular weight is 349 g/mol. The maximum absolute atomic E-state index is 12.0. The quantitative estimate of drug-likeness (QED) is 0.454. The fourth-order valence-corrected chi connectivity index (χ4v) is 3.43. The van der Waals surface area contributed by atoms with Crippen molar-refractivity contribution in [3.05, 3.63) is 33.9 Å². The highest BCUT2D eigenvalue weighted by atomic mass is 16.6. The van der Waals surface area contributed by atoms with E-state index in [1.807, 2.05) is 0 Å². The van der Waals surface area contributed by atoms with Crippen molar-refractivity contribution < 1.29 is 19.2 Å². The molecule has 3 rings (SSSR count). The highest BCUT2D eigenvalue weighted by molar-refractivity contribution is 5.96. The molecule has 2 aliphatic rings. The van der Waals surface area contributed by atoms with Crippen molar-refractivity contribution in [2.24, 2.45) is 0 Å². The molecule has 8 heteroatoms. The third-order valence-electron chi connectivity index (χ3n) is 4.80. The van der Waals surface area contributed by atoms with Crippen LogP contribution in [-0.2, 0) is 9.47 Å². The number of carbonyl (C=O) groups is 1. The molecule has 0 amide bonds. The molecule has 1 unspecified atom stereocenters. The number of anilines is 1. The van der Waals surface area contributed by atoms with Crippen molar-refractivity contribution in [3.8, 4) is 0 Å². The van der Waals surface area contributed by atoms with E-state index in [1.165, 1.54) is 19.2 Å². The number of non-ortho nitro benzene ring substituents is 1. The van der Waals surface area contributed by atoms with Crippen LogP contribution in [0.15, 0.2) is 18.2 Å². The maximum Gasteiger partial charge on any atom is 0.340 e. The second-order valence-corrected chi connectivity index (χ2v) is 6.37. The van der Waals surface area contributed by atoms with Gasteiger partial charge in [-0.3, -0.25) is 15.0 Å². The molecule has 0 saturated carbocycles. The van der Waals surface area contributed by atoms with Gasteiger partial charge < -0.3 is 14.4 Å². The van der Waals surface area contributed by atoms with Crippen molar-refractivity contribution in [1.29, 1.82) is 0 Å². The first-order chi connectivity index (χ1) is 12.1. The third kappa shape index (κ3) is 4.08. The van der Waals surface area contributed by atoms with Crippen LogP contribution in [-0.4, -0.2) is 68.3 Å². The van der Waals surface area contributed by atoms with E-state index >= 15 is 0 Å². The first-order valence-corrected chi connectivity index (χ1v) is 8.54. The van der Waals surface area contributed by atoms with Crippen LogP contribution < -0.4 is 4.90 Å². The predicted molar refractivity (Wildman–Crippen MR) is 92.1 cm³/mol. The molecule has 0 aromatic heterocycles. The average Bonchev–Trinajstić information content (AvgIpc) is 3.14. The van der Waals surface area contributed by atoms with Gasteiger partial charge in [0.05, 0.1) is 29.4 Å². The minimum atomic E-state index is -0.555. The maximum atomic E-state index is 12.0. The zero-order chi connectivity index (χ0) is 17.8. The molecular weight excluding hydrogens is 326 g/mol. The summed E-state index contributed by atoms with van der Waals surface area (Å²) in [5.74, 6) is -0.555. The van der Waals surface area contributed by atoms with Gasteiger partial charge in [0.2, 0.25) is 0 Å². The number of piperazine rings is 1. The monoisotopic (exact) mass is 349 g/mol. The normalized spacial score (nSPS) is 21.3. The van der Waals surface area contributed by atoms with E-state index in [-0.39, 0.29) is 11.3 Å². The van der Waals surface area contributed by atoms with Crippen LogP contribution in [0.1, 0.15) is 23.2 Å². The van der Waals surface area contributed by atoms with Gasteiger partial charge in [0.15, 0.2) is 0 Å². The third-order valence-corrected chi connectivity index (χ3v) is 4.80. The van der Waals surface area contributed by atoms with Crippen molar-refractivity contribution in [2.45, 2.75) is 18.9 Å². The first-order valence-electron chi connectivity index (χ1n) is 8.54. The zero-order valence-electron chi connectivity index (χ0n) is 14.3. The Morgan fingerprint density at radius 3 is 2.72 bits per heavy atom. The predicted octanol–water partition coefficient (Wildman–Crippen LogP) is 1.68. The van der Waals surface area contributed by atoms with Gasteiger partial charge in [-0.1, -0.05) is 0 Å². The highest BCUT2D eigenvalue weighted by Gasteiger charge is 2.26. The standard InChI is InChI=1S/C17H23N3O5/c1-24-17(21)15-11-13(20(22)23)4-5-16(15)19-8-6-18(7-9-19)12-14-3-2-10-25-14/h4-5,11,14H,2-3,6-10,12H2,1H3. The van der Waals surface area contributed by atoms with Gasteiger partial charge >= 0.3 is 5.97 Å². The Bertz CT molecular complexity index is 637. The summed E-state index contributed by atoms with van der Waals surface area (Å²) in [4.78, 5) is 27.0. The zero-order valence-corrected chi connectivity index (χ0v) is 14.3. The number of benzene rings is 1. The van der Waals surface area contributed by atoms with E-state index < -0.39 is 10.9 Å². The van der Waals surface area contributed by atoms with Crippen LogP contribution in [0, 0.1) is 10.1 Å². The molecule has 1 aromatic rings. The van der Waals surface area contributed by atoms with Crippen molar-refractivity contribution in [2.75, 3.05) is 51.3 Å². The van der Waals surface area contributed by atoms with Gasteiger partial charge in [0.25, 0.3) is 5.69 Å². The summed E-state index contributed by atoms with van der Waals surface area (Å²) in [5.41, 5.74) is 0.819. The molecule has 8 nitrogen and oxygen atoms in total. The highest BCUT2D eigenvalue weighted by Crippen LogP contribution is 2.27. The second kappa shape index (κ2) is 7.79. The summed E-state index contributed by atoms with van der Waals surface area (Å²) in [7, 11) is 1.28. The summed E-state index contributed by atoms with van der Waals surface area (Å²) >= 11 is 0. The molecule has 1 aromatic carbocycles. The lowest BCUT2D eigenvalue weighted by atomic mass is 10.1. The lowest BCUT2D eigenvalue weighted by Crippen LogP contribution is -2.48. The molecule has 0 aliphatic carbocycles. The molecule has 2 heterocycles. The van der Waals surface area contributed by atoms with Crippen LogP contribution in [0.2, 0.25) is 0 Å². The van der Waals surface area contributed by atoms with Crippen LogP contribution in [0.4, 0.5) is 11.4 Å². The Balaban J connectivity index is 1.69. The van der Waals surface area contributed by atoms with E-state index in [0.717, 1.165) is 52.2 Å². The van der Waals surface area contributed by atoms with E-state index in [1.54, 1.807) is 6.07 Å². The SMILES string of the molecule is COC(=O)c1cc([N+](=O)[O-])ccc1N1CCN(CC2CCCO2)CC1. The van der Waals surface area contributed by atoms with Gasteiger partial charge in [0.1, 0.15) is 0 Å². The number of methoxy groups -OCH3 is 1. The molecule has 0 bridgehead atoms. The van der Waals surface area contributed by atoms with E-state index in [2.05, 4.69) is 9.80 Å². The molecular formula is C17H23N3O5. The van der Waals surface area contributed by atoms with Crippen LogP contribution in [0.3, 0.4) is 0 Å². The number of hydrogen-bond acceptors (Lipinski definition) is 7. The molecule has 2 fully saturated rings. The summed E-state index contributed by atoms with van der Waals surface area (Å²) in [6.07, 6.45) is 2.59. The minimum absolute atomic E-state index is 0.110. The number of carbonyl (C=O) groups excluding carboxylic acids is 1. The fourth-order valence-electron chi connectivity index (χ4n) is 3.43. The first kappa shape index (κ1) is 17.6. The molecule has 2 aliphatic heterocycles. The van der Waals surface area contributed by atoms with E-state index in [9.17, 15) is 14.9 Å². The van der Waals surface area contributed by atoms with Crippen LogP contribution in [0.5, 0.6) is 0 Å². The van der Waals surface area contributed by atoms with Gasteiger partial charge in [-0.25, -0.2) is 4.79 Å². The summed E-state index contributed by atoms with van der Waals surface area (Å²) < 4.78 is 10.5. The molecule has 1 atom stereocenters. The molecule has 0 N–H and O–H groups in total. The Hall–Kier alpha value is -2.19. The summed E-state index contributed by atoms with van der Waals surface area (Å²) in [5, 5.41) is 11.0. The number of nitro groups is 1. The number of nitrogens with zero attached hydrogens (tertiary/aromatic N) is 3. The number of nitro benzene ring substituents is 1. The number of ether oxygens (including phenoxy) is 2. The molecule has 0 radical (unpaired) electrons. The molecule has 25 heavy (non-hydrogen) atoms. The largest absolute Gasteiger partial charge is 0.465 e. The van der Waals surface area contributed by atoms with E-state index in [4.69, 9.17) is 9.47 Å². The molecule has 136 valence electrons. The Morgan fingerprint density at radius 2 is 2.12 bits per heavy atom. The summed E-state index contributed by atoms with van der Waals surface area (Å²) in [6, 6.07) is 4.36. The van der Waals surface area contributed by atoms with Crippen LogP contribution in [0.25, 0.3) is 0 Å². The fraction of sp³-hybridized carbons (Fsp3) is 0.588. The van der Waals surface area contributed by atoms with E-state index in [0.29, 0.717) is 11.8 Å². The van der Waals surface area contributed by atoms with Crippen molar-refractivity contribution >= 4 is 17.3 Å². The van der Waals surface area contributed by atoms with Crippen LogP contribution >= 0.6 is 0 Å². The lowest BCUT2D eigenvalue weighted by molar-refractivity contribution is -0.384. The smallest absolute Gasteiger partial charge is 0.340 e. The topological polar surface area (TPSA) is 85.1 Å². The van der Waals surface area contributed by atoms with Gasteiger partial charge in [-0.05, 0) is 18.9 Å². The molecule has 2 saturated heterocycles. The van der Waals surface area contributed by atoms with Crippen molar-refractivity contribution in [3.63, 3.8) is 0 Å². The second-order valence-electron chi connectivity index (χ2n) is 6.37. The number of esters is 1. The van der Waals surface area contributed by atoms with Crippen molar-refractivity contribution in [1.82, 2.24) is 4.90 Å². The van der Waals surface area contributed by atoms with Gasteiger partial charge in [-0.15, -0.1) is 0 Å².